The second kappa shape index (κ2) is 4.81. The number of hydrogen-bond donors (Lipinski definition) is 0. The highest BCUT2D eigenvalue weighted by Crippen LogP contribution is 2.53. The molecule has 2 aliphatic rings. The lowest BCUT2D eigenvalue weighted by Crippen LogP contribution is -1.85. The molecule has 0 saturated carbocycles. The predicted molar refractivity (Wildman–Crippen MR) is 98.3 cm³/mol. The highest BCUT2D eigenvalue weighted by atomic mass is 32.2. The van der Waals surface area contributed by atoms with Crippen molar-refractivity contribution >= 4 is 66.2 Å². The summed E-state index contributed by atoms with van der Waals surface area (Å²) in [6, 6.07) is 16.7. The summed E-state index contributed by atoms with van der Waals surface area (Å²) >= 11 is 14.4. The Labute approximate surface area is 136 Å². The van der Waals surface area contributed by atoms with Crippen molar-refractivity contribution in [2.45, 2.75) is 0 Å². The summed E-state index contributed by atoms with van der Waals surface area (Å²) in [6.45, 7) is 0. The average Bonchev–Trinajstić information content (AvgIpc) is 2.99. The molecule has 2 aromatic rings. The van der Waals surface area contributed by atoms with Crippen LogP contribution in [-0.2, 0) is 0 Å². The molecule has 0 spiro atoms. The van der Waals surface area contributed by atoms with Crippen LogP contribution in [0.15, 0.2) is 48.5 Å². The van der Waals surface area contributed by atoms with Crippen LogP contribution in [0.25, 0.3) is 9.81 Å². The Hall–Kier alpha value is -0.940. The van der Waals surface area contributed by atoms with Crippen molar-refractivity contribution in [3.63, 3.8) is 0 Å². The quantitative estimate of drug-likeness (QED) is 0.597. The lowest BCUT2D eigenvalue weighted by molar-refractivity contribution is 1.62. The molecule has 0 nitrogen and oxygen atoms in total. The summed E-state index contributed by atoms with van der Waals surface area (Å²) < 4.78 is 1.91. The van der Waals surface area contributed by atoms with E-state index in [9.17, 15) is 0 Å². The minimum absolute atomic E-state index is 0.957. The first-order valence-corrected chi connectivity index (χ1v) is 8.58. The van der Waals surface area contributed by atoms with Crippen LogP contribution in [0, 0.1) is 0 Å². The molecule has 0 N–H and O–H groups in total. The molecule has 0 fully saturated rings. The first-order chi connectivity index (χ1) is 9.75. The predicted octanol–water partition coefficient (Wildman–Crippen LogP) is 5.36. The van der Waals surface area contributed by atoms with Gasteiger partial charge in [-0.05, 0) is 11.1 Å². The third kappa shape index (κ3) is 1.83. The van der Waals surface area contributed by atoms with Gasteiger partial charge in [-0.1, -0.05) is 96.5 Å². The third-order valence-electron chi connectivity index (χ3n) is 3.38. The van der Waals surface area contributed by atoms with Crippen molar-refractivity contribution < 1.29 is 0 Å². The fourth-order valence-corrected chi connectivity index (χ4v) is 5.49. The Kier molecular flexibility index (Phi) is 3.07. The smallest absolute Gasteiger partial charge is 0.0758 e. The largest absolute Gasteiger partial charge is 0.0832 e. The Morgan fingerprint density at radius 1 is 0.550 bits per heavy atom. The van der Waals surface area contributed by atoms with Crippen LogP contribution in [0.5, 0.6) is 0 Å². The van der Waals surface area contributed by atoms with Crippen molar-refractivity contribution in [1.29, 1.82) is 0 Å². The van der Waals surface area contributed by atoms with Gasteiger partial charge >= 0.3 is 0 Å². The first-order valence-electron chi connectivity index (χ1n) is 6.13. The van der Waals surface area contributed by atoms with E-state index in [-0.39, 0.29) is 0 Å². The van der Waals surface area contributed by atoms with Gasteiger partial charge in [0.2, 0.25) is 0 Å². The number of benzene rings is 2. The Morgan fingerprint density at radius 2 is 0.900 bits per heavy atom. The maximum Gasteiger partial charge on any atom is 0.0832 e. The van der Waals surface area contributed by atoms with Gasteiger partial charge in [-0.2, -0.15) is 0 Å². The van der Waals surface area contributed by atoms with E-state index in [1.165, 1.54) is 32.1 Å². The fourth-order valence-electron chi connectivity index (χ4n) is 2.46. The molecule has 0 aromatic heterocycles. The van der Waals surface area contributed by atoms with Gasteiger partial charge in [0, 0.05) is 20.9 Å². The summed E-state index contributed by atoms with van der Waals surface area (Å²) in [7, 11) is 0. The number of thioether (sulfide) groups is 2. The zero-order valence-corrected chi connectivity index (χ0v) is 13.5. The van der Waals surface area contributed by atoms with E-state index in [4.69, 9.17) is 24.4 Å². The molecule has 4 heteroatoms. The molecule has 0 unspecified atom stereocenters. The summed E-state index contributed by atoms with van der Waals surface area (Å²) in [5, 5.41) is 0. The van der Waals surface area contributed by atoms with Crippen LogP contribution in [-0.4, -0.2) is 8.39 Å². The van der Waals surface area contributed by atoms with E-state index in [0.717, 1.165) is 8.39 Å². The maximum atomic E-state index is 5.50. The molecule has 0 aliphatic carbocycles. The summed E-state index contributed by atoms with van der Waals surface area (Å²) in [4.78, 5) is 2.51. The molecule has 96 valence electrons. The molecule has 2 heterocycles. The first kappa shape index (κ1) is 12.8. The van der Waals surface area contributed by atoms with E-state index in [2.05, 4.69) is 36.4 Å². The Morgan fingerprint density at radius 3 is 1.30 bits per heavy atom. The van der Waals surface area contributed by atoms with Crippen molar-refractivity contribution in [2.24, 2.45) is 0 Å². The van der Waals surface area contributed by atoms with Gasteiger partial charge in [0.25, 0.3) is 0 Å². The normalized spacial score (nSPS) is 20.2. The van der Waals surface area contributed by atoms with Gasteiger partial charge < -0.3 is 0 Å². The number of thiocarbonyl (C=S) groups is 2. The molecule has 0 amide bonds. The molecule has 4 rings (SSSR count). The van der Waals surface area contributed by atoms with Crippen molar-refractivity contribution in [2.75, 3.05) is 0 Å². The van der Waals surface area contributed by atoms with E-state index in [1.54, 1.807) is 23.5 Å². The molecule has 0 radical (unpaired) electrons. The van der Waals surface area contributed by atoms with Gasteiger partial charge in [-0.3, -0.25) is 0 Å². The van der Waals surface area contributed by atoms with Gasteiger partial charge in [0.15, 0.2) is 0 Å². The Bertz CT molecular complexity index is 734. The second-order valence-electron chi connectivity index (χ2n) is 4.53. The SMILES string of the molecule is S=C1S/C(=C2\SC(=S)c3ccccc32)c2ccccc21. The highest BCUT2D eigenvalue weighted by Gasteiger charge is 2.30. The molecule has 0 atom stereocenters. The average molecular weight is 329 g/mol. The van der Waals surface area contributed by atoms with E-state index < -0.39 is 0 Å². The van der Waals surface area contributed by atoms with E-state index in [1.807, 2.05) is 12.1 Å². The number of fused-ring (bicyclic) bond motifs is 2. The maximum absolute atomic E-state index is 5.50. The van der Waals surface area contributed by atoms with Crippen LogP contribution < -0.4 is 0 Å². The number of hydrogen-bond acceptors (Lipinski definition) is 4. The monoisotopic (exact) mass is 328 g/mol. The highest BCUT2D eigenvalue weighted by molar-refractivity contribution is 8.34. The van der Waals surface area contributed by atoms with Crippen molar-refractivity contribution in [3.8, 4) is 0 Å². The van der Waals surface area contributed by atoms with Gasteiger partial charge in [-0.25, -0.2) is 0 Å². The zero-order chi connectivity index (χ0) is 13.7. The molecule has 0 bridgehead atoms. The fraction of sp³-hybridized carbons (Fsp3) is 0. The van der Waals surface area contributed by atoms with Crippen molar-refractivity contribution in [3.05, 3.63) is 70.8 Å². The Balaban J connectivity index is 1.99. The van der Waals surface area contributed by atoms with Crippen LogP contribution in [0.3, 0.4) is 0 Å². The lowest BCUT2D eigenvalue weighted by Gasteiger charge is -2.04. The summed E-state index contributed by atoms with van der Waals surface area (Å²) in [6.07, 6.45) is 0. The minimum Gasteiger partial charge on any atom is -0.0758 e. The van der Waals surface area contributed by atoms with Gasteiger partial charge in [-0.15, -0.1) is 0 Å². The summed E-state index contributed by atoms with van der Waals surface area (Å²) in [5.41, 5.74) is 4.82. The molecular formula is C16H8S4. The van der Waals surface area contributed by atoms with Gasteiger partial charge in [0.1, 0.15) is 0 Å². The van der Waals surface area contributed by atoms with E-state index >= 15 is 0 Å². The van der Waals surface area contributed by atoms with Crippen LogP contribution >= 0.6 is 48.0 Å². The minimum atomic E-state index is 0.957. The topological polar surface area (TPSA) is 0 Å². The second-order valence-corrected chi connectivity index (χ2v) is 7.90. The lowest BCUT2D eigenvalue weighted by atomic mass is 10.0. The van der Waals surface area contributed by atoms with Crippen LogP contribution in [0.2, 0.25) is 0 Å². The summed E-state index contributed by atoms with van der Waals surface area (Å²) in [5.74, 6) is 0. The zero-order valence-electron chi connectivity index (χ0n) is 10.3. The van der Waals surface area contributed by atoms with Crippen molar-refractivity contribution in [1.82, 2.24) is 0 Å². The van der Waals surface area contributed by atoms with Gasteiger partial charge in [0.05, 0.1) is 8.39 Å². The molecular weight excluding hydrogens is 320 g/mol. The standard InChI is InChI=1S/C16H8S4/c17-15-11-7-3-1-5-9(11)13(19-15)14-10-6-2-4-8-12(10)16(18)20-14/h1-8H/b14-13-. The van der Waals surface area contributed by atoms with E-state index in [0.29, 0.717) is 0 Å². The molecule has 0 saturated heterocycles. The van der Waals surface area contributed by atoms with Crippen LogP contribution in [0.1, 0.15) is 22.3 Å². The third-order valence-corrected chi connectivity index (χ3v) is 6.51. The molecule has 2 aromatic carbocycles. The molecule has 20 heavy (non-hydrogen) atoms. The van der Waals surface area contributed by atoms with Crippen LogP contribution in [0.4, 0.5) is 0 Å². The number of rotatable bonds is 0. The molecule has 2 aliphatic heterocycles.